The van der Waals surface area contributed by atoms with E-state index in [1.807, 2.05) is 0 Å². The van der Waals surface area contributed by atoms with Gasteiger partial charge in [-0.1, -0.05) is 6.07 Å². The standard InChI is InChI=1S/C10H13BrFNO/c11-9-6-8(2-3-10(9)12)7-14-5-1-4-13/h2-3,6H,1,4-5,7,13H2. The van der Waals surface area contributed by atoms with E-state index in [0.717, 1.165) is 12.0 Å². The quantitative estimate of drug-likeness (QED) is 0.827. The minimum absolute atomic E-state index is 0.254. The van der Waals surface area contributed by atoms with Gasteiger partial charge in [0.25, 0.3) is 0 Å². The maximum atomic E-state index is 12.8. The van der Waals surface area contributed by atoms with Crippen molar-refractivity contribution in [1.29, 1.82) is 0 Å². The number of benzene rings is 1. The second-order valence-electron chi connectivity index (χ2n) is 2.94. The van der Waals surface area contributed by atoms with Crippen LogP contribution in [0, 0.1) is 5.82 Å². The highest BCUT2D eigenvalue weighted by Gasteiger charge is 2.00. The minimum Gasteiger partial charge on any atom is -0.377 e. The molecule has 78 valence electrons. The molecule has 0 unspecified atom stereocenters. The molecular formula is C10H13BrFNO. The van der Waals surface area contributed by atoms with Crippen LogP contribution in [0.4, 0.5) is 4.39 Å². The molecule has 1 aromatic carbocycles. The molecular weight excluding hydrogens is 249 g/mol. The van der Waals surface area contributed by atoms with Crippen LogP contribution >= 0.6 is 15.9 Å². The average Bonchev–Trinajstić information content (AvgIpc) is 2.18. The molecule has 0 aromatic heterocycles. The highest BCUT2D eigenvalue weighted by molar-refractivity contribution is 9.10. The summed E-state index contributed by atoms with van der Waals surface area (Å²) in [7, 11) is 0. The number of hydrogen-bond acceptors (Lipinski definition) is 2. The Bertz CT molecular complexity index is 293. The van der Waals surface area contributed by atoms with Crippen LogP contribution in [0.25, 0.3) is 0 Å². The molecule has 0 fully saturated rings. The van der Waals surface area contributed by atoms with E-state index in [-0.39, 0.29) is 5.82 Å². The summed E-state index contributed by atoms with van der Waals surface area (Å²) < 4.78 is 18.6. The summed E-state index contributed by atoms with van der Waals surface area (Å²) in [4.78, 5) is 0. The molecule has 4 heteroatoms. The van der Waals surface area contributed by atoms with Crippen molar-refractivity contribution >= 4 is 15.9 Å². The topological polar surface area (TPSA) is 35.2 Å². The van der Waals surface area contributed by atoms with E-state index in [4.69, 9.17) is 10.5 Å². The molecule has 0 radical (unpaired) electrons. The molecule has 0 bridgehead atoms. The number of halogens is 2. The Kier molecular flexibility index (Phi) is 5.07. The second kappa shape index (κ2) is 6.11. The van der Waals surface area contributed by atoms with Gasteiger partial charge in [-0.05, 0) is 46.6 Å². The van der Waals surface area contributed by atoms with Gasteiger partial charge >= 0.3 is 0 Å². The Balaban J connectivity index is 2.39. The van der Waals surface area contributed by atoms with Gasteiger partial charge in [-0.2, -0.15) is 0 Å². The predicted octanol–water partition coefficient (Wildman–Crippen LogP) is 2.45. The van der Waals surface area contributed by atoms with E-state index in [9.17, 15) is 4.39 Å². The molecule has 14 heavy (non-hydrogen) atoms. The normalized spacial score (nSPS) is 10.5. The fourth-order valence-corrected chi connectivity index (χ4v) is 1.43. The first-order chi connectivity index (χ1) is 6.74. The third-order valence-corrected chi connectivity index (χ3v) is 2.35. The van der Waals surface area contributed by atoms with Crippen LogP contribution in [-0.2, 0) is 11.3 Å². The summed E-state index contributed by atoms with van der Waals surface area (Å²) in [6, 6.07) is 4.85. The first-order valence-electron chi connectivity index (χ1n) is 4.46. The maximum absolute atomic E-state index is 12.8. The lowest BCUT2D eigenvalue weighted by Crippen LogP contribution is -2.04. The minimum atomic E-state index is -0.254. The third kappa shape index (κ3) is 3.74. The van der Waals surface area contributed by atoms with Gasteiger partial charge in [-0.25, -0.2) is 4.39 Å². The Labute approximate surface area is 91.4 Å². The first-order valence-corrected chi connectivity index (χ1v) is 5.25. The van der Waals surface area contributed by atoms with Crippen LogP contribution in [0.15, 0.2) is 22.7 Å². The number of nitrogens with two attached hydrogens (primary N) is 1. The SMILES string of the molecule is NCCCOCc1ccc(F)c(Br)c1. The van der Waals surface area contributed by atoms with Crippen molar-refractivity contribution in [1.82, 2.24) is 0 Å². The molecule has 0 aliphatic carbocycles. The molecule has 0 aliphatic heterocycles. The summed E-state index contributed by atoms with van der Waals surface area (Å²) in [6.45, 7) is 1.78. The lowest BCUT2D eigenvalue weighted by molar-refractivity contribution is 0.120. The van der Waals surface area contributed by atoms with Gasteiger partial charge < -0.3 is 10.5 Å². The fourth-order valence-electron chi connectivity index (χ4n) is 1.00. The Morgan fingerprint density at radius 3 is 2.86 bits per heavy atom. The van der Waals surface area contributed by atoms with E-state index >= 15 is 0 Å². The molecule has 0 saturated carbocycles. The van der Waals surface area contributed by atoms with Crippen molar-refractivity contribution in [2.45, 2.75) is 13.0 Å². The summed E-state index contributed by atoms with van der Waals surface area (Å²) in [5.41, 5.74) is 6.27. The second-order valence-corrected chi connectivity index (χ2v) is 3.80. The lowest BCUT2D eigenvalue weighted by Gasteiger charge is -2.04. The largest absolute Gasteiger partial charge is 0.377 e. The van der Waals surface area contributed by atoms with Crippen LogP contribution < -0.4 is 5.73 Å². The van der Waals surface area contributed by atoms with Gasteiger partial charge in [0.1, 0.15) is 5.82 Å². The lowest BCUT2D eigenvalue weighted by atomic mass is 10.2. The molecule has 0 aliphatic rings. The van der Waals surface area contributed by atoms with Gasteiger partial charge in [-0.15, -0.1) is 0 Å². The summed E-state index contributed by atoms with van der Waals surface area (Å²) in [6.07, 6.45) is 0.850. The number of ether oxygens (including phenoxy) is 1. The van der Waals surface area contributed by atoms with E-state index in [2.05, 4.69) is 15.9 Å². The molecule has 0 heterocycles. The first kappa shape index (κ1) is 11.6. The summed E-state index contributed by atoms with van der Waals surface area (Å²) >= 11 is 3.12. The van der Waals surface area contributed by atoms with Gasteiger partial charge in [0, 0.05) is 6.61 Å². The van der Waals surface area contributed by atoms with Crippen molar-refractivity contribution in [2.24, 2.45) is 5.73 Å². The van der Waals surface area contributed by atoms with Crippen molar-refractivity contribution < 1.29 is 9.13 Å². The van der Waals surface area contributed by atoms with Crippen molar-refractivity contribution in [3.63, 3.8) is 0 Å². The molecule has 0 atom stereocenters. The molecule has 2 nitrogen and oxygen atoms in total. The van der Waals surface area contributed by atoms with Gasteiger partial charge in [-0.3, -0.25) is 0 Å². The monoisotopic (exact) mass is 261 g/mol. The van der Waals surface area contributed by atoms with E-state index in [0.29, 0.717) is 24.2 Å². The third-order valence-electron chi connectivity index (χ3n) is 1.75. The molecule has 0 saturated heterocycles. The summed E-state index contributed by atoms with van der Waals surface area (Å²) in [5, 5.41) is 0. The van der Waals surface area contributed by atoms with Crippen LogP contribution in [0.2, 0.25) is 0 Å². The van der Waals surface area contributed by atoms with Crippen LogP contribution in [-0.4, -0.2) is 13.2 Å². The molecule has 2 N–H and O–H groups in total. The summed E-state index contributed by atoms with van der Waals surface area (Å²) in [5.74, 6) is -0.254. The van der Waals surface area contributed by atoms with Gasteiger partial charge in [0.15, 0.2) is 0 Å². The zero-order valence-electron chi connectivity index (χ0n) is 7.80. The van der Waals surface area contributed by atoms with E-state index < -0.39 is 0 Å². The van der Waals surface area contributed by atoms with Crippen LogP contribution in [0.1, 0.15) is 12.0 Å². The van der Waals surface area contributed by atoms with Gasteiger partial charge in [0.05, 0.1) is 11.1 Å². The van der Waals surface area contributed by atoms with Gasteiger partial charge in [0.2, 0.25) is 0 Å². The Morgan fingerprint density at radius 1 is 1.43 bits per heavy atom. The molecule has 1 aromatic rings. The van der Waals surface area contributed by atoms with Crippen molar-refractivity contribution in [3.05, 3.63) is 34.1 Å². The van der Waals surface area contributed by atoms with Crippen molar-refractivity contribution in [2.75, 3.05) is 13.2 Å². The average molecular weight is 262 g/mol. The van der Waals surface area contributed by atoms with Crippen LogP contribution in [0.3, 0.4) is 0 Å². The number of rotatable bonds is 5. The fraction of sp³-hybridized carbons (Fsp3) is 0.400. The highest BCUT2D eigenvalue weighted by atomic mass is 79.9. The molecule has 0 spiro atoms. The molecule has 1 rings (SSSR count). The zero-order valence-corrected chi connectivity index (χ0v) is 9.39. The predicted molar refractivity (Wildman–Crippen MR) is 57.4 cm³/mol. The maximum Gasteiger partial charge on any atom is 0.137 e. The smallest absolute Gasteiger partial charge is 0.137 e. The molecule has 0 amide bonds. The van der Waals surface area contributed by atoms with Crippen molar-refractivity contribution in [3.8, 4) is 0 Å². The number of hydrogen-bond donors (Lipinski definition) is 1. The zero-order chi connectivity index (χ0) is 10.4. The van der Waals surface area contributed by atoms with Crippen LogP contribution in [0.5, 0.6) is 0 Å². The highest BCUT2D eigenvalue weighted by Crippen LogP contribution is 2.17. The van der Waals surface area contributed by atoms with E-state index in [1.165, 1.54) is 6.07 Å². The van der Waals surface area contributed by atoms with E-state index in [1.54, 1.807) is 12.1 Å². The Morgan fingerprint density at radius 2 is 2.21 bits per heavy atom. The Hall–Kier alpha value is -0.450.